The number of fused-ring (bicyclic) bond motifs is 1. The van der Waals surface area contributed by atoms with Crippen LogP contribution in [0.25, 0.3) is 11.6 Å². The van der Waals surface area contributed by atoms with Crippen molar-refractivity contribution in [2.75, 3.05) is 6.61 Å². The first-order valence-electron chi connectivity index (χ1n) is 10.0. The molecule has 0 saturated carbocycles. The normalized spacial score (nSPS) is 23.8. The summed E-state index contributed by atoms with van der Waals surface area (Å²) in [7, 11) is 1.72. The zero-order valence-corrected chi connectivity index (χ0v) is 17.0. The van der Waals surface area contributed by atoms with E-state index in [4.69, 9.17) is 10.5 Å². The molecule has 5 rings (SSSR count). The summed E-state index contributed by atoms with van der Waals surface area (Å²) in [5, 5.41) is 10.3. The predicted octanol–water partition coefficient (Wildman–Crippen LogP) is 1.92. The van der Waals surface area contributed by atoms with Crippen molar-refractivity contribution in [1.29, 1.82) is 0 Å². The number of benzene rings is 1. The Morgan fingerprint density at radius 2 is 2.00 bits per heavy atom. The smallest absolute Gasteiger partial charge is 0.336 e. The monoisotopic (exact) mass is 452 g/mol. The van der Waals surface area contributed by atoms with Gasteiger partial charge in [0.15, 0.2) is 5.82 Å². The van der Waals surface area contributed by atoms with Crippen LogP contribution in [-0.2, 0) is 24.9 Å². The van der Waals surface area contributed by atoms with E-state index in [0.717, 1.165) is 29.6 Å². The van der Waals surface area contributed by atoms with Crippen LogP contribution in [0.5, 0.6) is 0 Å². The Bertz CT molecular complexity index is 1150. The van der Waals surface area contributed by atoms with Gasteiger partial charge < -0.3 is 15.0 Å². The number of rotatable bonds is 4. The average Bonchev–Trinajstić information content (AvgIpc) is 3.46. The number of alkyl halides is 2. The van der Waals surface area contributed by atoms with Crippen molar-refractivity contribution in [2.24, 2.45) is 12.8 Å². The molecule has 2 aromatic heterocycles. The van der Waals surface area contributed by atoms with Gasteiger partial charge in [-0.05, 0) is 35.0 Å². The number of nitrogens with zero attached hydrogens (tertiary/aromatic N) is 7. The molecule has 9 nitrogen and oxygen atoms in total. The lowest BCUT2D eigenvalue weighted by atomic mass is 9.93. The first kappa shape index (κ1) is 21.0. The predicted molar refractivity (Wildman–Crippen MR) is 102 cm³/mol. The Kier molecular flexibility index (Phi) is 5.18. The van der Waals surface area contributed by atoms with Gasteiger partial charge in [-0.2, -0.15) is 13.5 Å². The lowest BCUT2D eigenvalue weighted by Gasteiger charge is -2.38. The lowest BCUT2D eigenvalue weighted by Crippen LogP contribution is -2.47. The largest absolute Gasteiger partial charge is 0.370 e. The molecule has 13 heteroatoms. The van der Waals surface area contributed by atoms with Crippen molar-refractivity contribution in [3.05, 3.63) is 46.8 Å². The summed E-state index contributed by atoms with van der Waals surface area (Å²) in [6, 6.07) is 2.66. The van der Waals surface area contributed by atoms with E-state index < -0.39 is 30.3 Å². The highest BCUT2D eigenvalue weighted by Gasteiger charge is 2.38. The molecule has 0 bridgehead atoms. The van der Waals surface area contributed by atoms with E-state index in [1.54, 1.807) is 11.6 Å². The van der Waals surface area contributed by atoms with Crippen LogP contribution in [-0.4, -0.2) is 53.3 Å². The Balaban J connectivity index is 1.30. The molecule has 0 spiro atoms. The third-order valence-electron chi connectivity index (χ3n) is 6.06. The minimum Gasteiger partial charge on any atom is -0.370 e. The molecule has 1 aromatic carbocycles. The van der Waals surface area contributed by atoms with E-state index >= 15 is 0 Å². The fourth-order valence-electron chi connectivity index (χ4n) is 4.44. The van der Waals surface area contributed by atoms with E-state index in [0.29, 0.717) is 30.8 Å². The van der Waals surface area contributed by atoms with E-state index in [2.05, 4.69) is 25.4 Å². The third kappa shape index (κ3) is 3.45. The Morgan fingerprint density at radius 3 is 2.72 bits per heavy atom. The average molecular weight is 452 g/mol. The SMILES string of the molecule is Cn1c(-c2nnnn2C(F)F)nc2c1CN([C@H]1CO[C@H](c3cc(F)ccc3F)[C@@H](N)C1)C2. The molecule has 170 valence electrons. The number of halogens is 4. The van der Waals surface area contributed by atoms with Gasteiger partial charge in [0, 0.05) is 37.8 Å². The van der Waals surface area contributed by atoms with Crippen LogP contribution < -0.4 is 5.73 Å². The molecule has 1 saturated heterocycles. The second-order valence-electron chi connectivity index (χ2n) is 7.99. The van der Waals surface area contributed by atoms with Crippen LogP contribution in [0.15, 0.2) is 18.2 Å². The van der Waals surface area contributed by atoms with Gasteiger partial charge in [0.1, 0.15) is 17.7 Å². The summed E-state index contributed by atoms with van der Waals surface area (Å²) in [6.45, 7) is -1.60. The fourth-order valence-corrected chi connectivity index (χ4v) is 4.44. The number of tetrazole rings is 1. The Morgan fingerprint density at radius 1 is 1.19 bits per heavy atom. The summed E-state index contributed by atoms with van der Waals surface area (Å²) in [5.74, 6) is -0.944. The van der Waals surface area contributed by atoms with Gasteiger partial charge in [0.25, 0.3) is 0 Å². The first-order valence-corrected chi connectivity index (χ1v) is 10.0. The summed E-state index contributed by atoms with van der Waals surface area (Å²) >= 11 is 0. The van der Waals surface area contributed by atoms with Gasteiger partial charge in [-0.3, -0.25) is 4.90 Å². The van der Waals surface area contributed by atoms with Crippen molar-refractivity contribution < 1.29 is 22.3 Å². The minimum atomic E-state index is -2.88. The van der Waals surface area contributed by atoms with Crippen molar-refractivity contribution in [1.82, 2.24) is 34.7 Å². The van der Waals surface area contributed by atoms with E-state index in [1.807, 2.05) is 0 Å². The topological polar surface area (TPSA) is 99.9 Å². The number of hydrogen-bond acceptors (Lipinski definition) is 7. The van der Waals surface area contributed by atoms with Gasteiger partial charge in [0.05, 0.1) is 18.0 Å². The molecular weight excluding hydrogens is 432 g/mol. The van der Waals surface area contributed by atoms with Crippen LogP contribution >= 0.6 is 0 Å². The van der Waals surface area contributed by atoms with E-state index in [9.17, 15) is 17.6 Å². The summed E-state index contributed by atoms with van der Waals surface area (Å²) in [4.78, 5) is 6.61. The zero-order chi connectivity index (χ0) is 22.6. The Labute approximate surface area is 179 Å². The number of hydrogen-bond donors (Lipinski definition) is 1. The second kappa shape index (κ2) is 7.90. The quantitative estimate of drug-likeness (QED) is 0.604. The van der Waals surface area contributed by atoms with Gasteiger partial charge in [-0.15, -0.1) is 5.10 Å². The fraction of sp³-hybridized carbons (Fsp3) is 0.474. The molecule has 32 heavy (non-hydrogen) atoms. The molecule has 3 atom stereocenters. The molecule has 0 unspecified atom stereocenters. The molecule has 3 aromatic rings. The highest BCUT2D eigenvalue weighted by molar-refractivity contribution is 5.47. The van der Waals surface area contributed by atoms with Gasteiger partial charge in [0.2, 0.25) is 5.82 Å². The van der Waals surface area contributed by atoms with Crippen LogP contribution in [0.4, 0.5) is 17.6 Å². The van der Waals surface area contributed by atoms with Crippen LogP contribution in [0.3, 0.4) is 0 Å². The maximum atomic E-state index is 14.2. The molecule has 0 radical (unpaired) electrons. The number of imidazole rings is 1. The first-order chi connectivity index (χ1) is 15.3. The molecule has 0 aliphatic carbocycles. The van der Waals surface area contributed by atoms with Crippen LogP contribution in [0, 0.1) is 11.6 Å². The van der Waals surface area contributed by atoms with Crippen molar-refractivity contribution in [2.45, 2.75) is 44.2 Å². The number of aromatic nitrogens is 6. The molecule has 2 N–H and O–H groups in total. The maximum absolute atomic E-state index is 14.2. The molecule has 2 aliphatic heterocycles. The minimum absolute atomic E-state index is 0.0538. The molecular formula is C19H20F4N8O. The molecule has 0 amide bonds. The second-order valence-corrected chi connectivity index (χ2v) is 7.99. The Hall–Kier alpha value is -2.90. The third-order valence-corrected chi connectivity index (χ3v) is 6.06. The number of nitrogens with two attached hydrogens (primary N) is 1. The molecule has 2 aliphatic rings. The van der Waals surface area contributed by atoms with Gasteiger partial charge in [-0.1, -0.05) is 0 Å². The lowest BCUT2D eigenvalue weighted by molar-refractivity contribution is -0.0534. The van der Waals surface area contributed by atoms with Crippen molar-refractivity contribution >= 4 is 0 Å². The van der Waals surface area contributed by atoms with Gasteiger partial charge >= 0.3 is 6.55 Å². The summed E-state index contributed by atoms with van der Waals surface area (Å²) in [5.41, 5.74) is 7.98. The zero-order valence-electron chi connectivity index (χ0n) is 17.0. The standard InChI is InChI=1S/C19H20F4N8O/c1-29-15-7-30(6-14(15)25-17(29)18-26-27-28-31(18)19(22)23)10-5-13(24)16(32-8-10)11-4-9(20)2-3-12(11)21/h2-4,10,13,16,19H,5-8,24H2,1H3/t10-,13+,16-/m1/s1. The van der Waals surface area contributed by atoms with Crippen LogP contribution in [0.1, 0.15) is 36.0 Å². The van der Waals surface area contributed by atoms with E-state index in [-0.39, 0.29) is 23.3 Å². The van der Waals surface area contributed by atoms with Gasteiger partial charge in [-0.25, -0.2) is 13.8 Å². The highest BCUT2D eigenvalue weighted by atomic mass is 19.3. The summed E-state index contributed by atoms with van der Waals surface area (Å²) in [6.07, 6.45) is -0.213. The summed E-state index contributed by atoms with van der Waals surface area (Å²) < 4.78 is 62.0. The van der Waals surface area contributed by atoms with E-state index in [1.165, 1.54) is 0 Å². The molecule has 1 fully saturated rings. The molecule has 4 heterocycles. The highest BCUT2D eigenvalue weighted by Crippen LogP contribution is 2.35. The maximum Gasteiger partial charge on any atom is 0.336 e. The van der Waals surface area contributed by atoms with Crippen LogP contribution in [0.2, 0.25) is 0 Å². The van der Waals surface area contributed by atoms with Crippen molar-refractivity contribution in [3.8, 4) is 11.6 Å². The number of ether oxygens (including phenoxy) is 1. The van der Waals surface area contributed by atoms with Crippen molar-refractivity contribution in [3.63, 3.8) is 0 Å².